The summed E-state index contributed by atoms with van der Waals surface area (Å²) < 4.78 is 37.9. The van der Waals surface area contributed by atoms with Crippen LogP contribution in [0.5, 0.6) is 0 Å². The van der Waals surface area contributed by atoms with Crippen LogP contribution >= 0.6 is 0 Å². The van der Waals surface area contributed by atoms with Crippen molar-refractivity contribution in [3.05, 3.63) is 71.7 Å². The van der Waals surface area contributed by atoms with Gasteiger partial charge in [0, 0.05) is 47.0 Å². The number of fused-ring (bicyclic) bond motifs is 4. The second kappa shape index (κ2) is 8.36. The number of halogens is 2. The molecule has 2 aliphatic rings. The van der Waals surface area contributed by atoms with E-state index in [1.807, 2.05) is 16.5 Å². The first-order chi connectivity index (χ1) is 18.4. The van der Waals surface area contributed by atoms with Crippen molar-refractivity contribution in [3.8, 4) is 28.5 Å². The van der Waals surface area contributed by atoms with Gasteiger partial charge in [-0.3, -0.25) is 0 Å². The number of hydrogen-bond donors (Lipinski definition) is 1. The summed E-state index contributed by atoms with van der Waals surface area (Å²) in [4.78, 5) is 7.15. The lowest BCUT2D eigenvalue weighted by Crippen LogP contribution is -2.48. The van der Waals surface area contributed by atoms with Crippen molar-refractivity contribution in [3.63, 3.8) is 0 Å². The van der Waals surface area contributed by atoms with Gasteiger partial charge in [0.05, 0.1) is 22.5 Å². The van der Waals surface area contributed by atoms with Gasteiger partial charge in [0.2, 0.25) is 0 Å². The normalized spacial score (nSPS) is 20.9. The Morgan fingerprint density at radius 3 is 2.58 bits per heavy atom. The van der Waals surface area contributed by atoms with Crippen molar-refractivity contribution >= 4 is 22.3 Å². The van der Waals surface area contributed by atoms with E-state index >= 15 is 4.39 Å². The predicted octanol–water partition coefficient (Wildman–Crippen LogP) is 5.73. The molecule has 38 heavy (non-hydrogen) atoms. The number of aromatic nitrogens is 3. The monoisotopic (exact) mass is 510 g/mol. The van der Waals surface area contributed by atoms with E-state index in [1.54, 1.807) is 31.5 Å². The molecule has 0 saturated carbocycles. The topological polar surface area (TPSA) is 96.4 Å². The number of aryl methyl sites for hydroxylation is 1. The van der Waals surface area contributed by atoms with Crippen LogP contribution in [0.4, 0.5) is 14.6 Å². The Bertz CT molecular complexity index is 1770. The summed E-state index contributed by atoms with van der Waals surface area (Å²) >= 11 is 0. The molecule has 2 N–H and O–H groups in total. The standard InChI is InChI=1S/C29H24F2N6O/c1-15-21-11-25(31)23(13-27(21)38-35-15)28-22(16-2-3-17(14-32)24(30)8-16)12-26-29(34-6-7-36(26)28)37-19-4-5-20(37)10-18(33)9-19/h2-3,6-8,11-13,18-20H,4-5,9-10,33H2,1H3. The zero-order valence-corrected chi connectivity index (χ0v) is 20.7. The van der Waals surface area contributed by atoms with E-state index in [-0.39, 0.29) is 11.6 Å². The van der Waals surface area contributed by atoms with Gasteiger partial charge in [-0.1, -0.05) is 11.2 Å². The average Bonchev–Trinajstić information content (AvgIpc) is 3.55. The minimum Gasteiger partial charge on any atom is -0.356 e. The molecule has 2 aliphatic heterocycles. The highest BCUT2D eigenvalue weighted by Gasteiger charge is 2.41. The Hall–Kier alpha value is -4.29. The molecule has 0 spiro atoms. The van der Waals surface area contributed by atoms with Crippen molar-refractivity contribution in [1.82, 2.24) is 14.5 Å². The van der Waals surface area contributed by atoms with Crippen LogP contribution in [0.1, 0.15) is 36.9 Å². The Morgan fingerprint density at radius 1 is 1.05 bits per heavy atom. The molecule has 0 radical (unpaired) electrons. The Morgan fingerprint density at radius 2 is 1.84 bits per heavy atom. The molecule has 2 atom stereocenters. The van der Waals surface area contributed by atoms with E-state index in [4.69, 9.17) is 15.2 Å². The van der Waals surface area contributed by atoms with Gasteiger partial charge in [0.25, 0.3) is 0 Å². The van der Waals surface area contributed by atoms with E-state index in [2.05, 4.69) is 10.1 Å². The summed E-state index contributed by atoms with van der Waals surface area (Å²) in [5, 5.41) is 13.8. The maximum absolute atomic E-state index is 15.8. The molecular formula is C29H24F2N6O. The van der Waals surface area contributed by atoms with Crippen molar-refractivity contribution in [2.75, 3.05) is 4.90 Å². The Kier molecular flexibility index (Phi) is 5.03. The van der Waals surface area contributed by atoms with Gasteiger partial charge in [-0.2, -0.15) is 5.26 Å². The molecule has 3 aromatic heterocycles. The summed E-state index contributed by atoms with van der Waals surface area (Å²) in [7, 11) is 0. The van der Waals surface area contributed by atoms with Crippen LogP contribution in [0.2, 0.25) is 0 Å². The molecule has 5 aromatic rings. The van der Waals surface area contributed by atoms with Crippen LogP contribution in [-0.2, 0) is 0 Å². The van der Waals surface area contributed by atoms with Crippen LogP contribution in [0, 0.1) is 29.9 Å². The van der Waals surface area contributed by atoms with Crippen molar-refractivity contribution in [1.29, 1.82) is 5.26 Å². The highest BCUT2D eigenvalue weighted by atomic mass is 19.1. The molecule has 2 fully saturated rings. The smallest absolute Gasteiger partial charge is 0.168 e. The molecule has 9 heteroatoms. The van der Waals surface area contributed by atoms with E-state index in [0.717, 1.165) is 37.0 Å². The number of piperidine rings is 1. The van der Waals surface area contributed by atoms with Gasteiger partial charge in [0.15, 0.2) is 11.4 Å². The van der Waals surface area contributed by atoms with Gasteiger partial charge in [-0.15, -0.1) is 0 Å². The summed E-state index contributed by atoms with van der Waals surface area (Å²) in [6.45, 7) is 1.76. The third-order valence-corrected chi connectivity index (χ3v) is 8.09. The van der Waals surface area contributed by atoms with Crippen molar-refractivity contribution < 1.29 is 13.3 Å². The van der Waals surface area contributed by atoms with Crippen LogP contribution in [0.15, 0.2) is 53.3 Å². The minimum absolute atomic E-state index is 0.0487. The molecule has 5 heterocycles. The lowest BCUT2D eigenvalue weighted by molar-refractivity contribution is 0.412. The van der Waals surface area contributed by atoms with Crippen LogP contribution in [0.25, 0.3) is 38.9 Å². The number of benzene rings is 2. The van der Waals surface area contributed by atoms with E-state index in [1.165, 1.54) is 18.2 Å². The fraction of sp³-hybridized carbons (Fsp3) is 0.276. The molecule has 190 valence electrons. The number of nitrogens with two attached hydrogens (primary N) is 1. The minimum atomic E-state index is -0.630. The summed E-state index contributed by atoms with van der Waals surface area (Å²) in [5.74, 6) is -0.263. The molecule has 2 bridgehead atoms. The number of nitriles is 1. The van der Waals surface area contributed by atoms with E-state index in [9.17, 15) is 9.65 Å². The summed E-state index contributed by atoms with van der Waals surface area (Å²) in [6.07, 6.45) is 7.42. The zero-order chi connectivity index (χ0) is 26.1. The Labute approximate surface area is 217 Å². The second-order valence-corrected chi connectivity index (χ2v) is 10.3. The van der Waals surface area contributed by atoms with Crippen LogP contribution in [0.3, 0.4) is 0 Å². The van der Waals surface area contributed by atoms with Crippen LogP contribution in [-0.4, -0.2) is 32.7 Å². The van der Waals surface area contributed by atoms with Crippen molar-refractivity contribution in [2.24, 2.45) is 5.73 Å². The first-order valence-corrected chi connectivity index (χ1v) is 12.7. The number of nitrogens with zero attached hydrogens (tertiary/aromatic N) is 5. The molecule has 7 rings (SSSR count). The molecule has 7 nitrogen and oxygen atoms in total. The maximum atomic E-state index is 15.8. The zero-order valence-electron chi connectivity index (χ0n) is 20.7. The SMILES string of the molecule is Cc1noc2cc(-c3c(-c4ccc(C#N)c(F)c4)cc4c(N5C6CCC5CC(N)C6)nccn34)c(F)cc12. The first kappa shape index (κ1) is 22.9. The molecule has 2 aromatic carbocycles. The number of hydrogen-bond acceptors (Lipinski definition) is 6. The number of rotatable bonds is 3. The largest absolute Gasteiger partial charge is 0.356 e. The molecule has 2 unspecified atom stereocenters. The fourth-order valence-electron chi connectivity index (χ4n) is 6.38. The molecular weight excluding hydrogens is 486 g/mol. The fourth-order valence-corrected chi connectivity index (χ4v) is 6.38. The first-order valence-electron chi connectivity index (χ1n) is 12.7. The maximum Gasteiger partial charge on any atom is 0.168 e. The van der Waals surface area contributed by atoms with Crippen LogP contribution < -0.4 is 10.6 Å². The average molecular weight is 511 g/mol. The highest BCUT2D eigenvalue weighted by Crippen LogP contribution is 2.44. The summed E-state index contributed by atoms with van der Waals surface area (Å²) in [6, 6.07) is 12.1. The summed E-state index contributed by atoms with van der Waals surface area (Å²) in [5.41, 5.74) is 10.1. The van der Waals surface area contributed by atoms with E-state index in [0.29, 0.717) is 51.1 Å². The van der Waals surface area contributed by atoms with Gasteiger partial charge in [-0.05, 0) is 68.5 Å². The Balaban J connectivity index is 1.50. The van der Waals surface area contributed by atoms with Gasteiger partial charge >= 0.3 is 0 Å². The highest BCUT2D eigenvalue weighted by molar-refractivity contribution is 5.93. The van der Waals surface area contributed by atoms with Gasteiger partial charge < -0.3 is 19.6 Å². The second-order valence-electron chi connectivity index (χ2n) is 10.3. The lowest BCUT2D eigenvalue weighted by Gasteiger charge is -2.38. The third kappa shape index (κ3) is 3.33. The number of anilines is 1. The molecule has 2 saturated heterocycles. The van der Waals surface area contributed by atoms with E-state index < -0.39 is 11.6 Å². The molecule has 0 aliphatic carbocycles. The lowest BCUT2D eigenvalue weighted by atomic mass is 9.98. The quantitative estimate of drug-likeness (QED) is 0.333. The van der Waals surface area contributed by atoms with Crippen molar-refractivity contribution in [2.45, 2.75) is 50.7 Å². The predicted molar refractivity (Wildman–Crippen MR) is 139 cm³/mol. The molecule has 0 amide bonds. The van der Waals surface area contributed by atoms with Gasteiger partial charge in [0.1, 0.15) is 17.7 Å². The van der Waals surface area contributed by atoms with Gasteiger partial charge in [-0.25, -0.2) is 13.8 Å². The third-order valence-electron chi connectivity index (χ3n) is 8.09.